The molecule has 0 saturated heterocycles. The molecule has 0 radical (unpaired) electrons. The van der Waals surface area contributed by atoms with Gasteiger partial charge >= 0.3 is 0 Å². The maximum absolute atomic E-state index is 3.24. The lowest BCUT2D eigenvalue weighted by Crippen LogP contribution is -2.25. The van der Waals surface area contributed by atoms with E-state index in [1.165, 1.54) is 5.57 Å². The van der Waals surface area contributed by atoms with Crippen LogP contribution < -0.4 is 0 Å². The quantitative estimate of drug-likeness (QED) is 0.577. The molecule has 1 heterocycles. The summed E-state index contributed by atoms with van der Waals surface area (Å²) >= 11 is 0. The molecule has 0 atom stereocenters. The Hall–Kier alpha value is -1.52. The van der Waals surface area contributed by atoms with Gasteiger partial charge in [0.25, 0.3) is 0 Å². The third kappa shape index (κ3) is 2.97. The fourth-order valence-electron chi connectivity index (χ4n) is 1.66. The third-order valence-corrected chi connectivity index (χ3v) is 2.48. The average molecular weight is 197 g/mol. The summed E-state index contributed by atoms with van der Waals surface area (Å²) in [6, 6.07) is 10.1. The number of hydrogen-bond acceptors (Lipinski definition) is 1. The molecule has 0 amide bonds. The highest BCUT2D eigenvalue weighted by Crippen LogP contribution is 2.06. The maximum atomic E-state index is 3.24. The van der Waals surface area contributed by atoms with Gasteiger partial charge in [-0.2, -0.15) is 0 Å². The predicted molar refractivity (Wildman–Crippen MR) is 63.5 cm³/mol. The minimum absolute atomic E-state index is 0.986. The minimum Gasteiger partial charge on any atom is -0.301 e. The zero-order valence-corrected chi connectivity index (χ0v) is 9.03. The molecule has 1 aliphatic heterocycles. The highest BCUT2D eigenvalue weighted by Gasteiger charge is 2.05. The first kappa shape index (κ1) is 10.0. The number of nitrogens with zero attached hydrogens (tertiary/aromatic N) is 1. The first-order valence-electron chi connectivity index (χ1n) is 5.29. The van der Waals surface area contributed by atoms with Crippen molar-refractivity contribution in [2.45, 2.75) is 6.42 Å². The number of hydrogen-bond donors (Lipinski definition) is 0. The van der Waals surface area contributed by atoms with E-state index in [2.05, 4.69) is 29.9 Å². The van der Waals surface area contributed by atoms with Gasteiger partial charge in [-0.05, 0) is 25.6 Å². The normalized spacial score (nSPS) is 16.5. The second-order valence-electron chi connectivity index (χ2n) is 3.87. The standard InChI is InChI=1S/C14H15N/c1-15-11-5-8-14(12-15)10-9-13-6-3-2-4-7-13/h2-4,6-8H,5,11-12H2,1H3. The molecule has 0 N–H and O–H groups in total. The van der Waals surface area contributed by atoms with E-state index in [4.69, 9.17) is 0 Å². The summed E-state index contributed by atoms with van der Waals surface area (Å²) in [5, 5.41) is 0. The number of likely N-dealkylation sites (N-methyl/N-ethyl adjacent to an activating group) is 1. The Labute approximate surface area is 91.4 Å². The van der Waals surface area contributed by atoms with Crippen LogP contribution in [0.3, 0.4) is 0 Å². The number of rotatable bonds is 0. The molecule has 0 unspecified atom stereocenters. The van der Waals surface area contributed by atoms with Crippen molar-refractivity contribution in [2.75, 3.05) is 20.1 Å². The number of benzene rings is 1. The van der Waals surface area contributed by atoms with Crippen LogP contribution in [0.1, 0.15) is 12.0 Å². The zero-order chi connectivity index (χ0) is 10.5. The predicted octanol–water partition coefficient (Wildman–Crippen LogP) is 2.30. The van der Waals surface area contributed by atoms with Gasteiger partial charge in [-0.25, -0.2) is 0 Å². The molecule has 1 heteroatoms. The van der Waals surface area contributed by atoms with E-state index in [1.54, 1.807) is 0 Å². The van der Waals surface area contributed by atoms with Crippen molar-refractivity contribution in [3.05, 3.63) is 47.5 Å². The van der Waals surface area contributed by atoms with E-state index >= 15 is 0 Å². The maximum Gasteiger partial charge on any atom is 0.0307 e. The van der Waals surface area contributed by atoms with E-state index < -0.39 is 0 Å². The van der Waals surface area contributed by atoms with Crippen molar-refractivity contribution in [3.63, 3.8) is 0 Å². The van der Waals surface area contributed by atoms with Crippen LogP contribution in [0.2, 0.25) is 0 Å². The summed E-state index contributed by atoms with van der Waals surface area (Å²) in [6.07, 6.45) is 3.37. The first-order chi connectivity index (χ1) is 7.34. The molecule has 1 aromatic rings. The summed E-state index contributed by atoms with van der Waals surface area (Å²) in [5.41, 5.74) is 2.33. The van der Waals surface area contributed by atoms with Gasteiger partial charge in [-0.3, -0.25) is 0 Å². The Morgan fingerprint density at radius 1 is 1.13 bits per heavy atom. The fourth-order valence-corrected chi connectivity index (χ4v) is 1.66. The molecule has 1 nitrogen and oxygen atoms in total. The first-order valence-corrected chi connectivity index (χ1v) is 5.29. The van der Waals surface area contributed by atoms with Crippen molar-refractivity contribution >= 4 is 0 Å². The van der Waals surface area contributed by atoms with Gasteiger partial charge in [0.2, 0.25) is 0 Å². The van der Waals surface area contributed by atoms with E-state index in [9.17, 15) is 0 Å². The van der Waals surface area contributed by atoms with Crippen molar-refractivity contribution in [3.8, 4) is 11.8 Å². The SMILES string of the molecule is CN1CCC=C(C#Cc2ccccc2)C1. The molecule has 2 rings (SSSR count). The minimum atomic E-state index is 0.986. The Morgan fingerprint density at radius 2 is 1.93 bits per heavy atom. The van der Waals surface area contributed by atoms with Crippen molar-refractivity contribution < 1.29 is 0 Å². The Kier molecular flexibility index (Phi) is 3.22. The molecule has 0 bridgehead atoms. The highest BCUT2D eigenvalue weighted by atomic mass is 15.1. The summed E-state index contributed by atoms with van der Waals surface area (Å²) < 4.78 is 0. The molecule has 0 aromatic heterocycles. The van der Waals surface area contributed by atoms with Gasteiger partial charge in [0.05, 0.1) is 0 Å². The molecule has 0 fully saturated rings. The van der Waals surface area contributed by atoms with Crippen LogP contribution in [0.15, 0.2) is 42.0 Å². The van der Waals surface area contributed by atoms with Gasteiger partial charge in [-0.1, -0.05) is 36.1 Å². The lowest BCUT2D eigenvalue weighted by molar-refractivity contribution is 0.359. The summed E-state index contributed by atoms with van der Waals surface area (Å²) in [5.74, 6) is 6.43. The Morgan fingerprint density at radius 3 is 2.67 bits per heavy atom. The zero-order valence-electron chi connectivity index (χ0n) is 9.03. The third-order valence-electron chi connectivity index (χ3n) is 2.48. The van der Waals surface area contributed by atoms with Crippen LogP contribution in [0.5, 0.6) is 0 Å². The Bertz CT molecular complexity index is 406. The molecule has 1 aromatic carbocycles. The van der Waals surface area contributed by atoms with Gasteiger partial charge in [0, 0.05) is 24.2 Å². The van der Waals surface area contributed by atoms with Crippen molar-refractivity contribution in [1.29, 1.82) is 0 Å². The summed E-state index contributed by atoms with van der Waals surface area (Å²) in [6.45, 7) is 2.14. The molecule has 0 spiro atoms. The van der Waals surface area contributed by atoms with E-state index in [1.807, 2.05) is 30.3 Å². The highest BCUT2D eigenvalue weighted by molar-refractivity contribution is 5.41. The fraction of sp³-hybridized carbons (Fsp3) is 0.286. The molecule has 0 saturated carbocycles. The smallest absolute Gasteiger partial charge is 0.0307 e. The second-order valence-corrected chi connectivity index (χ2v) is 3.87. The molecule has 76 valence electrons. The van der Waals surface area contributed by atoms with Gasteiger partial charge in [0.1, 0.15) is 0 Å². The van der Waals surface area contributed by atoms with E-state index in [0.717, 1.165) is 25.1 Å². The van der Waals surface area contributed by atoms with Gasteiger partial charge < -0.3 is 4.90 Å². The molecule has 0 aliphatic carbocycles. The van der Waals surface area contributed by atoms with Gasteiger partial charge in [0.15, 0.2) is 0 Å². The molecule has 1 aliphatic rings. The molecule has 15 heavy (non-hydrogen) atoms. The second kappa shape index (κ2) is 4.82. The van der Waals surface area contributed by atoms with Crippen molar-refractivity contribution in [1.82, 2.24) is 4.90 Å². The van der Waals surface area contributed by atoms with Crippen molar-refractivity contribution in [2.24, 2.45) is 0 Å². The van der Waals surface area contributed by atoms with Crippen LogP contribution in [-0.4, -0.2) is 25.0 Å². The lowest BCUT2D eigenvalue weighted by atomic mass is 10.1. The largest absolute Gasteiger partial charge is 0.301 e. The lowest BCUT2D eigenvalue weighted by Gasteiger charge is -2.19. The summed E-state index contributed by atoms with van der Waals surface area (Å²) in [7, 11) is 2.14. The van der Waals surface area contributed by atoms with Crippen LogP contribution in [0, 0.1) is 11.8 Å². The monoisotopic (exact) mass is 197 g/mol. The van der Waals surface area contributed by atoms with E-state index in [-0.39, 0.29) is 0 Å². The Balaban J connectivity index is 2.09. The van der Waals surface area contributed by atoms with Crippen LogP contribution in [0.25, 0.3) is 0 Å². The van der Waals surface area contributed by atoms with Crippen LogP contribution >= 0.6 is 0 Å². The molecular formula is C14H15N. The topological polar surface area (TPSA) is 3.24 Å². The van der Waals surface area contributed by atoms with Gasteiger partial charge in [-0.15, -0.1) is 0 Å². The van der Waals surface area contributed by atoms with Crippen LogP contribution in [0.4, 0.5) is 0 Å². The average Bonchev–Trinajstić information content (AvgIpc) is 2.28. The summed E-state index contributed by atoms with van der Waals surface area (Å²) in [4.78, 5) is 2.30. The molecular weight excluding hydrogens is 182 g/mol. The van der Waals surface area contributed by atoms with E-state index in [0.29, 0.717) is 0 Å². The van der Waals surface area contributed by atoms with Crippen LogP contribution in [-0.2, 0) is 0 Å².